The first-order chi connectivity index (χ1) is 9.49. The van der Waals surface area contributed by atoms with Crippen LogP contribution in [-0.2, 0) is 6.54 Å². The SMILES string of the molecule is C[C@@H](NCc1c(F)ccc(Br)c1F)c1cccc(Br)c1. The van der Waals surface area contributed by atoms with Crippen molar-refractivity contribution in [3.63, 3.8) is 0 Å². The molecule has 0 unspecified atom stereocenters. The lowest BCUT2D eigenvalue weighted by atomic mass is 10.1. The predicted octanol–water partition coefficient (Wildman–Crippen LogP) is 5.34. The van der Waals surface area contributed by atoms with Crippen molar-refractivity contribution in [2.45, 2.75) is 19.5 Å². The summed E-state index contributed by atoms with van der Waals surface area (Å²) in [5.74, 6) is -1.10. The molecule has 0 amide bonds. The largest absolute Gasteiger partial charge is 0.306 e. The van der Waals surface area contributed by atoms with Crippen LogP contribution in [0.25, 0.3) is 0 Å². The van der Waals surface area contributed by atoms with Gasteiger partial charge in [-0.25, -0.2) is 8.78 Å². The molecular formula is C15H13Br2F2N. The summed E-state index contributed by atoms with van der Waals surface area (Å²) in [5, 5.41) is 3.13. The van der Waals surface area contributed by atoms with Crippen molar-refractivity contribution in [1.82, 2.24) is 5.32 Å². The Bertz CT molecular complexity index is 617. The first kappa shape index (κ1) is 15.6. The average Bonchev–Trinajstić information content (AvgIpc) is 2.43. The highest BCUT2D eigenvalue weighted by Crippen LogP contribution is 2.23. The molecule has 0 fully saturated rings. The Labute approximate surface area is 133 Å². The van der Waals surface area contributed by atoms with E-state index in [0.29, 0.717) is 0 Å². The number of hydrogen-bond acceptors (Lipinski definition) is 1. The fourth-order valence-electron chi connectivity index (χ4n) is 1.88. The van der Waals surface area contributed by atoms with Crippen LogP contribution in [0, 0.1) is 11.6 Å². The van der Waals surface area contributed by atoms with Gasteiger partial charge in [0.05, 0.1) is 4.47 Å². The average molecular weight is 405 g/mol. The highest BCUT2D eigenvalue weighted by molar-refractivity contribution is 9.10. The van der Waals surface area contributed by atoms with E-state index in [1.54, 1.807) is 0 Å². The van der Waals surface area contributed by atoms with Crippen molar-refractivity contribution in [1.29, 1.82) is 0 Å². The van der Waals surface area contributed by atoms with E-state index in [2.05, 4.69) is 37.2 Å². The lowest BCUT2D eigenvalue weighted by Crippen LogP contribution is -2.19. The van der Waals surface area contributed by atoms with Crippen LogP contribution in [0.15, 0.2) is 45.3 Å². The molecule has 2 aromatic rings. The van der Waals surface area contributed by atoms with Gasteiger partial charge >= 0.3 is 0 Å². The zero-order chi connectivity index (χ0) is 14.7. The van der Waals surface area contributed by atoms with Crippen molar-refractivity contribution < 1.29 is 8.78 Å². The molecule has 0 saturated heterocycles. The molecule has 5 heteroatoms. The van der Waals surface area contributed by atoms with Gasteiger partial charge in [-0.2, -0.15) is 0 Å². The minimum atomic E-state index is -0.557. The molecule has 0 bridgehead atoms. The van der Waals surface area contributed by atoms with Crippen molar-refractivity contribution in [2.75, 3.05) is 0 Å². The molecule has 0 aliphatic carbocycles. The van der Waals surface area contributed by atoms with Crippen molar-refractivity contribution in [3.05, 3.63) is 68.1 Å². The number of benzene rings is 2. The molecule has 0 heterocycles. The third kappa shape index (κ3) is 3.65. The molecule has 106 valence electrons. The van der Waals surface area contributed by atoms with E-state index in [1.807, 2.05) is 31.2 Å². The number of hydrogen-bond donors (Lipinski definition) is 1. The van der Waals surface area contributed by atoms with Crippen LogP contribution in [0.2, 0.25) is 0 Å². The minimum Gasteiger partial charge on any atom is -0.306 e. The number of nitrogens with one attached hydrogen (secondary N) is 1. The van der Waals surface area contributed by atoms with Gasteiger partial charge in [-0.15, -0.1) is 0 Å². The molecule has 1 atom stereocenters. The standard InChI is InChI=1S/C15H13Br2F2N/c1-9(10-3-2-4-11(16)7-10)20-8-12-14(18)6-5-13(17)15(12)19/h2-7,9,20H,8H2,1H3/t9-/m1/s1. The Morgan fingerprint density at radius 1 is 1.15 bits per heavy atom. The first-order valence-corrected chi connectivity index (χ1v) is 7.69. The van der Waals surface area contributed by atoms with Gasteiger partial charge in [0.25, 0.3) is 0 Å². The molecule has 0 aromatic heterocycles. The van der Waals surface area contributed by atoms with E-state index in [0.717, 1.165) is 10.0 Å². The van der Waals surface area contributed by atoms with Gasteiger partial charge in [-0.3, -0.25) is 0 Å². The maximum atomic E-state index is 13.8. The van der Waals surface area contributed by atoms with Gasteiger partial charge in [-0.1, -0.05) is 28.1 Å². The molecule has 0 aliphatic heterocycles. The van der Waals surface area contributed by atoms with E-state index >= 15 is 0 Å². The summed E-state index contributed by atoms with van der Waals surface area (Å²) in [5.41, 5.74) is 1.09. The van der Waals surface area contributed by atoms with E-state index in [4.69, 9.17) is 0 Å². The maximum Gasteiger partial charge on any atom is 0.144 e. The lowest BCUT2D eigenvalue weighted by Gasteiger charge is -2.15. The second kappa shape index (κ2) is 6.78. The molecule has 0 radical (unpaired) electrons. The van der Waals surface area contributed by atoms with E-state index < -0.39 is 11.6 Å². The topological polar surface area (TPSA) is 12.0 Å². The summed E-state index contributed by atoms with van der Waals surface area (Å²) < 4.78 is 28.7. The smallest absolute Gasteiger partial charge is 0.144 e. The number of rotatable bonds is 4. The summed E-state index contributed by atoms with van der Waals surface area (Å²) in [4.78, 5) is 0. The van der Waals surface area contributed by atoms with Crippen molar-refractivity contribution >= 4 is 31.9 Å². The van der Waals surface area contributed by atoms with Gasteiger partial charge in [0.15, 0.2) is 0 Å². The van der Waals surface area contributed by atoms with Crippen LogP contribution in [-0.4, -0.2) is 0 Å². The van der Waals surface area contributed by atoms with Crippen molar-refractivity contribution in [3.8, 4) is 0 Å². The molecular weight excluding hydrogens is 392 g/mol. The predicted molar refractivity (Wildman–Crippen MR) is 83.5 cm³/mol. The Morgan fingerprint density at radius 2 is 1.90 bits per heavy atom. The van der Waals surface area contributed by atoms with Gasteiger partial charge in [0.1, 0.15) is 11.6 Å². The quantitative estimate of drug-likeness (QED) is 0.678. The van der Waals surface area contributed by atoms with E-state index in [-0.39, 0.29) is 22.6 Å². The Kier molecular flexibility index (Phi) is 5.29. The van der Waals surface area contributed by atoms with Gasteiger partial charge in [-0.05, 0) is 52.7 Å². The molecule has 0 spiro atoms. The third-order valence-electron chi connectivity index (χ3n) is 3.07. The minimum absolute atomic E-state index is 0.00900. The molecule has 2 rings (SSSR count). The third-order valence-corrected chi connectivity index (χ3v) is 4.18. The van der Waals surface area contributed by atoms with Crippen LogP contribution in [0.5, 0.6) is 0 Å². The van der Waals surface area contributed by atoms with Gasteiger partial charge in [0, 0.05) is 22.6 Å². The number of halogens is 4. The van der Waals surface area contributed by atoms with Gasteiger partial charge in [0.2, 0.25) is 0 Å². The Hall–Kier alpha value is -0.780. The second-order valence-electron chi connectivity index (χ2n) is 4.48. The van der Waals surface area contributed by atoms with E-state index in [9.17, 15) is 8.78 Å². The van der Waals surface area contributed by atoms with Crippen LogP contribution in [0.4, 0.5) is 8.78 Å². The summed E-state index contributed by atoms with van der Waals surface area (Å²) in [6, 6.07) is 10.4. The van der Waals surface area contributed by atoms with Crippen LogP contribution < -0.4 is 5.32 Å². The normalized spacial score (nSPS) is 12.4. The maximum absolute atomic E-state index is 13.8. The lowest BCUT2D eigenvalue weighted by molar-refractivity contribution is 0.506. The summed E-state index contributed by atoms with van der Waals surface area (Å²) >= 11 is 6.47. The summed E-state index contributed by atoms with van der Waals surface area (Å²) in [6.07, 6.45) is 0. The van der Waals surface area contributed by atoms with Crippen LogP contribution >= 0.6 is 31.9 Å². The summed E-state index contributed by atoms with van der Waals surface area (Å²) in [7, 11) is 0. The highest BCUT2D eigenvalue weighted by Gasteiger charge is 2.13. The van der Waals surface area contributed by atoms with Crippen LogP contribution in [0.3, 0.4) is 0 Å². The molecule has 1 N–H and O–H groups in total. The zero-order valence-electron chi connectivity index (χ0n) is 10.8. The fourth-order valence-corrected chi connectivity index (χ4v) is 2.67. The Morgan fingerprint density at radius 3 is 2.60 bits per heavy atom. The zero-order valence-corrected chi connectivity index (χ0v) is 13.9. The van der Waals surface area contributed by atoms with Gasteiger partial charge < -0.3 is 5.32 Å². The first-order valence-electron chi connectivity index (χ1n) is 6.10. The Balaban J connectivity index is 2.11. The fraction of sp³-hybridized carbons (Fsp3) is 0.200. The van der Waals surface area contributed by atoms with Crippen molar-refractivity contribution in [2.24, 2.45) is 0 Å². The monoisotopic (exact) mass is 403 g/mol. The molecule has 0 saturated carbocycles. The molecule has 2 aromatic carbocycles. The van der Waals surface area contributed by atoms with E-state index in [1.165, 1.54) is 12.1 Å². The highest BCUT2D eigenvalue weighted by atomic mass is 79.9. The molecule has 20 heavy (non-hydrogen) atoms. The summed E-state index contributed by atoms with van der Waals surface area (Å²) in [6.45, 7) is 2.08. The molecule has 1 nitrogen and oxygen atoms in total. The second-order valence-corrected chi connectivity index (χ2v) is 6.25. The van der Waals surface area contributed by atoms with Crippen LogP contribution in [0.1, 0.15) is 24.1 Å². The molecule has 0 aliphatic rings.